The maximum Gasteiger partial charge on any atom is 0.103 e. The first-order chi connectivity index (χ1) is 15.5. The van der Waals surface area contributed by atoms with Crippen LogP contribution in [0, 0.1) is 0 Å². The molecule has 0 bridgehead atoms. The van der Waals surface area contributed by atoms with E-state index in [-0.39, 0.29) is 10.7 Å². The molecule has 0 aliphatic heterocycles. The highest BCUT2D eigenvalue weighted by Gasteiger charge is 2.49. The lowest BCUT2D eigenvalue weighted by atomic mass is 9.84. The van der Waals surface area contributed by atoms with Crippen molar-refractivity contribution in [3.63, 3.8) is 0 Å². The van der Waals surface area contributed by atoms with Gasteiger partial charge in [0.15, 0.2) is 0 Å². The van der Waals surface area contributed by atoms with Crippen LogP contribution in [0.1, 0.15) is 37.5 Å². The molecular weight excluding hydrogens is 424 g/mol. The smallest absolute Gasteiger partial charge is 0.103 e. The standard InChI is InChI=1S/C29H29NP2/c1-28(2,3)30-31(27-22-14-7-15-23-27)32(30)29(24-16-8-4-9-17-24,25-18-10-5-11-19-25)26-20-12-6-13-21-26/h4-23H,1-3H3. The average molecular weight is 454 g/mol. The summed E-state index contributed by atoms with van der Waals surface area (Å²) in [5.74, 6) is 0. The second-order valence-corrected chi connectivity index (χ2v) is 14.9. The Hall–Kier alpha value is -2.72. The molecule has 32 heavy (non-hydrogen) atoms. The van der Waals surface area contributed by atoms with Crippen LogP contribution < -0.4 is 0 Å². The maximum atomic E-state index is 2.83. The molecule has 0 saturated carbocycles. The second-order valence-electron chi connectivity index (χ2n) is 9.18. The fraction of sp³-hybridized carbons (Fsp3) is 0.172. The van der Waals surface area contributed by atoms with E-state index in [9.17, 15) is 0 Å². The van der Waals surface area contributed by atoms with Crippen LogP contribution in [-0.4, -0.2) is 4.09 Å². The summed E-state index contributed by atoms with van der Waals surface area (Å²) in [5, 5.41) is 1.30. The molecule has 1 aromatic heterocycles. The van der Waals surface area contributed by atoms with Gasteiger partial charge < -0.3 is 4.09 Å². The molecular formula is C29H29NP2. The Balaban J connectivity index is 1.91. The van der Waals surface area contributed by atoms with Crippen molar-refractivity contribution in [2.45, 2.75) is 31.5 Å². The fourth-order valence-electron chi connectivity index (χ4n) is 4.64. The van der Waals surface area contributed by atoms with E-state index in [1.165, 1.54) is 22.0 Å². The third-order valence-electron chi connectivity index (χ3n) is 5.97. The van der Waals surface area contributed by atoms with Crippen molar-refractivity contribution < 1.29 is 0 Å². The number of aromatic nitrogens is 1. The number of benzene rings is 4. The van der Waals surface area contributed by atoms with Crippen molar-refractivity contribution in [1.29, 1.82) is 0 Å². The van der Waals surface area contributed by atoms with Crippen LogP contribution in [0.5, 0.6) is 0 Å². The van der Waals surface area contributed by atoms with Crippen LogP contribution in [0.3, 0.4) is 0 Å². The van der Waals surface area contributed by atoms with E-state index in [1.54, 1.807) is 0 Å². The zero-order valence-corrected chi connectivity index (χ0v) is 20.7. The van der Waals surface area contributed by atoms with E-state index in [4.69, 9.17) is 0 Å². The number of nitrogens with zero attached hydrogens (tertiary/aromatic N) is 1. The van der Waals surface area contributed by atoms with Crippen LogP contribution in [0.2, 0.25) is 0 Å². The van der Waals surface area contributed by atoms with Crippen molar-refractivity contribution in [2.75, 3.05) is 0 Å². The van der Waals surface area contributed by atoms with E-state index in [1.807, 2.05) is 0 Å². The Kier molecular flexibility index (Phi) is 5.50. The molecule has 1 heterocycles. The monoisotopic (exact) mass is 453 g/mol. The molecule has 5 rings (SSSR count). The summed E-state index contributed by atoms with van der Waals surface area (Å²) in [6, 6.07) is 44.7. The first-order valence-electron chi connectivity index (χ1n) is 11.2. The van der Waals surface area contributed by atoms with Gasteiger partial charge in [-0.15, -0.1) is 0 Å². The Labute approximate surface area is 193 Å². The molecule has 2 atom stereocenters. The van der Waals surface area contributed by atoms with Gasteiger partial charge in [0.2, 0.25) is 0 Å². The molecule has 0 saturated heterocycles. The lowest BCUT2D eigenvalue weighted by Gasteiger charge is -2.34. The van der Waals surface area contributed by atoms with Crippen LogP contribution in [0.15, 0.2) is 121 Å². The van der Waals surface area contributed by atoms with Gasteiger partial charge in [-0.05, 0) is 49.6 Å². The van der Waals surface area contributed by atoms with Crippen molar-refractivity contribution >= 4 is 14.7 Å². The molecule has 0 aliphatic rings. The largest absolute Gasteiger partial charge is 0.303 e. The molecule has 0 radical (unpaired) electrons. The van der Waals surface area contributed by atoms with Gasteiger partial charge in [-0.25, -0.2) is 0 Å². The molecule has 0 N–H and O–H groups in total. The molecule has 5 aromatic rings. The van der Waals surface area contributed by atoms with Crippen LogP contribution in [0.4, 0.5) is 0 Å². The summed E-state index contributed by atoms with van der Waals surface area (Å²) in [6.45, 7) is 7.12. The normalized spacial score (nSPS) is 13.3. The van der Waals surface area contributed by atoms with E-state index in [0.717, 1.165) is 0 Å². The quantitative estimate of drug-likeness (QED) is 0.234. The summed E-state index contributed by atoms with van der Waals surface area (Å²) in [4.78, 5) is 0. The topological polar surface area (TPSA) is 4.93 Å². The predicted octanol–water partition coefficient (Wildman–Crippen LogP) is 9.05. The summed E-state index contributed by atoms with van der Waals surface area (Å²) >= 11 is 0. The van der Waals surface area contributed by atoms with Crippen molar-refractivity contribution in [2.24, 2.45) is 0 Å². The van der Waals surface area contributed by atoms with Gasteiger partial charge in [-0.3, -0.25) is 0 Å². The van der Waals surface area contributed by atoms with E-state index >= 15 is 0 Å². The zero-order chi connectivity index (χ0) is 22.2. The Morgan fingerprint density at radius 3 is 1.19 bits per heavy atom. The highest BCUT2D eigenvalue weighted by molar-refractivity contribution is 8.19. The molecule has 0 fully saturated rings. The van der Waals surface area contributed by atoms with E-state index in [2.05, 4.69) is 146 Å². The van der Waals surface area contributed by atoms with Gasteiger partial charge in [-0.1, -0.05) is 109 Å². The first kappa shape index (κ1) is 21.1. The fourth-order valence-corrected chi connectivity index (χ4v) is 15.4. The molecule has 0 amide bonds. The van der Waals surface area contributed by atoms with Gasteiger partial charge in [0.1, 0.15) is 5.16 Å². The molecule has 2 unspecified atom stereocenters. The SMILES string of the molecule is CC(C)(C)n1p(-c2ccccc2)p1C(c1ccccc1)(c1ccccc1)c1ccccc1. The van der Waals surface area contributed by atoms with E-state index in [0.29, 0.717) is 0 Å². The number of hydrogen-bond acceptors (Lipinski definition) is 0. The number of rotatable bonds is 5. The molecule has 3 heteroatoms. The highest BCUT2D eigenvalue weighted by atomic mass is 31.9. The lowest BCUT2D eigenvalue weighted by Crippen LogP contribution is -2.25. The summed E-state index contributed by atoms with van der Waals surface area (Å²) < 4.78 is 2.83. The first-order valence-corrected chi connectivity index (χ1v) is 14.5. The third-order valence-corrected chi connectivity index (χ3v) is 14.4. The average Bonchev–Trinajstić information content (AvgIpc) is 3.59. The van der Waals surface area contributed by atoms with Gasteiger partial charge in [-0.2, -0.15) is 0 Å². The van der Waals surface area contributed by atoms with Crippen molar-refractivity contribution in [1.82, 2.24) is 4.09 Å². The summed E-state index contributed by atoms with van der Waals surface area (Å²) in [7, 11) is -0.941. The van der Waals surface area contributed by atoms with Crippen LogP contribution in [-0.2, 0) is 10.7 Å². The van der Waals surface area contributed by atoms with Gasteiger partial charge in [0.25, 0.3) is 0 Å². The number of hydrogen-bond donors (Lipinski definition) is 0. The Morgan fingerprint density at radius 1 is 0.500 bits per heavy atom. The highest BCUT2D eigenvalue weighted by Crippen LogP contribution is 2.81. The zero-order valence-electron chi connectivity index (χ0n) is 18.9. The molecule has 0 spiro atoms. The Morgan fingerprint density at radius 2 is 0.844 bits per heavy atom. The second kappa shape index (κ2) is 8.32. The van der Waals surface area contributed by atoms with Crippen LogP contribution >= 0.6 is 14.7 Å². The van der Waals surface area contributed by atoms with Crippen LogP contribution in [0.25, 0.3) is 5.30 Å². The molecule has 0 aliphatic carbocycles. The summed E-state index contributed by atoms with van der Waals surface area (Å²) in [6.07, 6.45) is 0. The van der Waals surface area contributed by atoms with Gasteiger partial charge in [0, 0.05) is 25.6 Å². The minimum Gasteiger partial charge on any atom is -0.303 e. The third kappa shape index (κ3) is 3.51. The minimum atomic E-state index is -0.520. The molecule has 4 aromatic carbocycles. The maximum absolute atomic E-state index is 2.83. The summed E-state index contributed by atoms with van der Waals surface area (Å²) in [5.41, 5.74) is 4.26. The van der Waals surface area contributed by atoms with Gasteiger partial charge in [0.05, 0.1) is 0 Å². The molecule has 1 nitrogen and oxygen atoms in total. The minimum absolute atomic E-state index is 0.0941. The van der Waals surface area contributed by atoms with Crippen molar-refractivity contribution in [3.05, 3.63) is 138 Å². The molecule has 160 valence electrons. The van der Waals surface area contributed by atoms with Crippen molar-refractivity contribution in [3.8, 4) is 5.30 Å². The predicted molar refractivity (Wildman–Crippen MR) is 141 cm³/mol. The Bertz CT molecular complexity index is 1170. The lowest BCUT2D eigenvalue weighted by molar-refractivity contribution is 0.460. The van der Waals surface area contributed by atoms with E-state index < -0.39 is 14.7 Å². The van der Waals surface area contributed by atoms with Gasteiger partial charge >= 0.3 is 0 Å².